The number of halogens is 1. The second-order valence-electron chi connectivity index (χ2n) is 10.2. The quantitative estimate of drug-likeness (QED) is 0.248. The molecule has 0 aliphatic carbocycles. The number of hydrogen-bond donors (Lipinski definition) is 1. The summed E-state index contributed by atoms with van der Waals surface area (Å²) in [6.45, 7) is 6.34. The molecule has 0 bridgehead atoms. The van der Waals surface area contributed by atoms with E-state index >= 15 is 0 Å². The Bertz CT molecular complexity index is 1430. The van der Waals surface area contributed by atoms with Crippen LogP contribution in [0.1, 0.15) is 40.7 Å². The first-order valence-electron chi connectivity index (χ1n) is 13.6. The maximum atomic E-state index is 13.2. The van der Waals surface area contributed by atoms with Crippen LogP contribution in [0.2, 0.25) is 5.02 Å². The molecule has 1 fully saturated rings. The van der Waals surface area contributed by atoms with Crippen LogP contribution in [-0.4, -0.2) is 48.2 Å². The van der Waals surface area contributed by atoms with Crippen molar-refractivity contribution in [2.45, 2.75) is 45.4 Å². The van der Waals surface area contributed by atoms with Crippen LogP contribution in [0, 0.1) is 6.92 Å². The molecule has 1 N–H and O–H groups in total. The highest BCUT2D eigenvalue weighted by molar-refractivity contribution is 6.32. The van der Waals surface area contributed by atoms with Gasteiger partial charge in [-0.05, 0) is 56.5 Å². The maximum Gasteiger partial charge on any atom is 0.253 e. The molecular weight excluding hydrogens is 510 g/mol. The number of para-hydroxylation sites is 2. The van der Waals surface area contributed by atoms with Crippen molar-refractivity contribution in [1.82, 2.24) is 14.8 Å². The zero-order valence-corrected chi connectivity index (χ0v) is 23.4. The van der Waals surface area contributed by atoms with Gasteiger partial charge in [-0.2, -0.15) is 0 Å². The molecule has 3 aromatic carbocycles. The molecule has 0 unspecified atom stereocenters. The predicted octanol–water partition coefficient (Wildman–Crippen LogP) is 6.48. The third kappa shape index (κ3) is 6.57. The van der Waals surface area contributed by atoms with Gasteiger partial charge in [-0.15, -0.1) is 0 Å². The second-order valence-corrected chi connectivity index (χ2v) is 10.6. The minimum atomic E-state index is -0.0749. The molecule has 1 aromatic heterocycles. The molecule has 0 atom stereocenters. The number of rotatable bonds is 10. The molecule has 204 valence electrons. The van der Waals surface area contributed by atoms with Crippen molar-refractivity contribution in [3.8, 4) is 11.5 Å². The Hall–Kier alpha value is -3.48. The summed E-state index contributed by atoms with van der Waals surface area (Å²) in [6, 6.07) is 21.8. The average molecular weight is 546 g/mol. The van der Waals surface area contributed by atoms with Crippen LogP contribution >= 0.6 is 11.6 Å². The van der Waals surface area contributed by atoms with Gasteiger partial charge in [0.05, 0.1) is 23.2 Å². The highest BCUT2D eigenvalue weighted by atomic mass is 35.5. The van der Waals surface area contributed by atoms with E-state index < -0.39 is 0 Å². The summed E-state index contributed by atoms with van der Waals surface area (Å²) in [5, 5.41) is 4.67. The fraction of sp³-hybridized carbons (Fsp3) is 0.344. The van der Waals surface area contributed by atoms with E-state index in [2.05, 4.69) is 33.8 Å². The van der Waals surface area contributed by atoms with E-state index in [1.807, 2.05) is 60.8 Å². The van der Waals surface area contributed by atoms with Crippen molar-refractivity contribution in [3.63, 3.8) is 0 Å². The Morgan fingerprint density at radius 3 is 2.54 bits per heavy atom. The zero-order valence-electron chi connectivity index (χ0n) is 22.7. The summed E-state index contributed by atoms with van der Waals surface area (Å²) >= 11 is 6.26. The molecule has 4 aromatic rings. The Labute approximate surface area is 235 Å². The summed E-state index contributed by atoms with van der Waals surface area (Å²) in [4.78, 5) is 15.7. The van der Waals surface area contributed by atoms with Gasteiger partial charge in [0.1, 0.15) is 17.6 Å². The number of hydrogen-bond acceptors (Lipinski definition) is 4. The smallest absolute Gasteiger partial charge is 0.253 e. The Morgan fingerprint density at radius 2 is 1.77 bits per heavy atom. The maximum absolute atomic E-state index is 13.2. The Kier molecular flexibility index (Phi) is 8.74. The van der Waals surface area contributed by atoms with Crippen LogP contribution < -0.4 is 14.8 Å². The first-order chi connectivity index (χ1) is 19.0. The summed E-state index contributed by atoms with van der Waals surface area (Å²) in [5.74, 6) is 1.47. The third-order valence-corrected chi connectivity index (χ3v) is 7.71. The van der Waals surface area contributed by atoms with E-state index in [4.69, 9.17) is 21.1 Å². The second kappa shape index (κ2) is 12.6. The number of ether oxygens (including phenoxy) is 2. The van der Waals surface area contributed by atoms with Gasteiger partial charge in [0, 0.05) is 37.8 Å². The number of methoxy groups -OCH3 is 1. The Balaban J connectivity index is 1.20. The molecule has 0 spiro atoms. The lowest BCUT2D eigenvalue weighted by Crippen LogP contribution is -2.39. The summed E-state index contributed by atoms with van der Waals surface area (Å²) in [7, 11) is 1.68. The molecule has 2 heterocycles. The lowest BCUT2D eigenvalue weighted by Gasteiger charge is -2.32. The van der Waals surface area contributed by atoms with Gasteiger partial charge >= 0.3 is 0 Å². The van der Waals surface area contributed by atoms with E-state index in [0.717, 1.165) is 73.4 Å². The number of carbonyl (C=O) groups excluding carboxylic acids is 1. The number of likely N-dealkylation sites (tertiary alicyclic amines) is 1. The van der Waals surface area contributed by atoms with Crippen LogP contribution in [0.25, 0.3) is 10.9 Å². The van der Waals surface area contributed by atoms with Crippen molar-refractivity contribution >= 4 is 28.4 Å². The van der Waals surface area contributed by atoms with Gasteiger partial charge in [0.15, 0.2) is 0 Å². The van der Waals surface area contributed by atoms with Gasteiger partial charge in [0.25, 0.3) is 5.91 Å². The monoisotopic (exact) mass is 545 g/mol. The molecule has 5 rings (SSSR count). The first kappa shape index (κ1) is 27.1. The van der Waals surface area contributed by atoms with Gasteiger partial charge in [-0.1, -0.05) is 65.7 Å². The van der Waals surface area contributed by atoms with E-state index in [-0.39, 0.29) is 12.0 Å². The molecule has 0 saturated carbocycles. The van der Waals surface area contributed by atoms with Crippen LogP contribution in [-0.2, 0) is 13.1 Å². The number of aromatic nitrogens is 1. The summed E-state index contributed by atoms with van der Waals surface area (Å²) in [6.07, 6.45) is 5.11. The fourth-order valence-corrected chi connectivity index (χ4v) is 5.56. The van der Waals surface area contributed by atoms with E-state index in [0.29, 0.717) is 17.1 Å². The molecular formula is C32H36ClN3O3. The lowest BCUT2D eigenvalue weighted by molar-refractivity contribution is 0.0952. The number of benzene rings is 3. The minimum absolute atomic E-state index is 0.0749. The standard InChI is InChI=1S/C32H36ClN3O3/c1-23-8-5-9-24(20-23)21-34-32(37)27-22-36(31-26(27)10-6-13-30(31)38-2)17-7-16-35-18-14-25(15-19-35)39-29-12-4-3-11-28(29)33/h3-6,8-13,20,22,25H,7,14-19,21H2,1-2H3,(H,34,37). The zero-order chi connectivity index (χ0) is 27.2. The topological polar surface area (TPSA) is 55.7 Å². The van der Waals surface area contributed by atoms with Gasteiger partial charge in [-0.3, -0.25) is 4.79 Å². The molecule has 1 aliphatic heterocycles. The fourth-order valence-electron chi connectivity index (χ4n) is 5.38. The number of carbonyl (C=O) groups is 1. The van der Waals surface area contributed by atoms with E-state index in [1.165, 1.54) is 5.56 Å². The summed E-state index contributed by atoms with van der Waals surface area (Å²) < 4.78 is 14.0. The van der Waals surface area contributed by atoms with Crippen LogP contribution in [0.5, 0.6) is 11.5 Å². The number of aryl methyl sites for hydroxylation is 2. The van der Waals surface area contributed by atoms with Crippen LogP contribution in [0.3, 0.4) is 0 Å². The van der Waals surface area contributed by atoms with E-state index in [1.54, 1.807) is 7.11 Å². The van der Waals surface area contributed by atoms with Crippen molar-refractivity contribution in [1.29, 1.82) is 0 Å². The summed E-state index contributed by atoms with van der Waals surface area (Å²) in [5.41, 5.74) is 3.91. The average Bonchev–Trinajstić information content (AvgIpc) is 3.33. The number of nitrogens with zero attached hydrogens (tertiary/aromatic N) is 2. The lowest BCUT2D eigenvalue weighted by atomic mass is 10.1. The molecule has 39 heavy (non-hydrogen) atoms. The van der Waals surface area contributed by atoms with Crippen molar-refractivity contribution < 1.29 is 14.3 Å². The largest absolute Gasteiger partial charge is 0.495 e. The first-order valence-corrected chi connectivity index (χ1v) is 14.0. The van der Waals surface area contributed by atoms with Crippen molar-refractivity contribution in [2.24, 2.45) is 0 Å². The number of piperidine rings is 1. The minimum Gasteiger partial charge on any atom is -0.495 e. The normalized spacial score (nSPS) is 14.4. The molecule has 1 amide bonds. The molecule has 7 heteroatoms. The van der Waals surface area contributed by atoms with Gasteiger partial charge in [-0.25, -0.2) is 0 Å². The highest BCUT2D eigenvalue weighted by Crippen LogP contribution is 2.31. The number of fused-ring (bicyclic) bond motifs is 1. The van der Waals surface area contributed by atoms with Gasteiger partial charge < -0.3 is 24.3 Å². The van der Waals surface area contributed by atoms with Crippen LogP contribution in [0.4, 0.5) is 0 Å². The predicted molar refractivity (Wildman–Crippen MR) is 157 cm³/mol. The van der Waals surface area contributed by atoms with Crippen molar-refractivity contribution in [2.75, 3.05) is 26.7 Å². The van der Waals surface area contributed by atoms with Gasteiger partial charge in [0.2, 0.25) is 0 Å². The molecule has 6 nitrogen and oxygen atoms in total. The van der Waals surface area contributed by atoms with Crippen LogP contribution in [0.15, 0.2) is 72.9 Å². The highest BCUT2D eigenvalue weighted by Gasteiger charge is 2.22. The molecule has 1 saturated heterocycles. The number of nitrogens with one attached hydrogen (secondary N) is 1. The third-order valence-electron chi connectivity index (χ3n) is 7.40. The Morgan fingerprint density at radius 1 is 1.00 bits per heavy atom. The SMILES string of the molecule is COc1cccc2c(C(=O)NCc3cccc(C)c3)cn(CCCN3CCC(Oc4ccccc4Cl)CC3)c12. The molecule has 1 aliphatic rings. The number of amides is 1. The van der Waals surface area contributed by atoms with Crippen molar-refractivity contribution in [3.05, 3.63) is 94.6 Å². The molecule has 0 radical (unpaired) electrons. The van der Waals surface area contributed by atoms with E-state index in [9.17, 15) is 4.79 Å².